The molecule has 0 atom stereocenters. The van der Waals surface area contributed by atoms with Gasteiger partial charge in [0.25, 0.3) is 0 Å². The van der Waals surface area contributed by atoms with Gasteiger partial charge in [0.1, 0.15) is 5.82 Å². The summed E-state index contributed by atoms with van der Waals surface area (Å²) in [7, 11) is 0. The Labute approximate surface area is 181 Å². The van der Waals surface area contributed by atoms with Gasteiger partial charge in [-0.15, -0.1) is 0 Å². The van der Waals surface area contributed by atoms with E-state index in [1.807, 2.05) is 6.07 Å². The van der Waals surface area contributed by atoms with Crippen LogP contribution in [0.25, 0.3) is 50.0 Å². The minimum Gasteiger partial charge on any atom is -0.292 e. The minimum atomic E-state index is 0.961. The van der Waals surface area contributed by atoms with E-state index in [4.69, 9.17) is 4.98 Å². The zero-order valence-corrected chi connectivity index (χ0v) is 16.9. The summed E-state index contributed by atoms with van der Waals surface area (Å²) in [6.45, 7) is 0. The lowest BCUT2D eigenvalue weighted by atomic mass is 10.0. The molecule has 0 saturated heterocycles. The molecular weight excluding hydrogens is 376 g/mol. The molecule has 0 aliphatic heterocycles. The van der Waals surface area contributed by atoms with Gasteiger partial charge in [-0.2, -0.15) is 0 Å². The van der Waals surface area contributed by atoms with Gasteiger partial charge in [-0.3, -0.25) is 4.57 Å². The average molecular weight is 396 g/mol. The van der Waals surface area contributed by atoms with Crippen molar-refractivity contribution in [3.05, 3.63) is 121 Å². The smallest absolute Gasteiger partial charge is 0.146 e. The summed E-state index contributed by atoms with van der Waals surface area (Å²) in [5, 5.41) is 2.43. The van der Waals surface area contributed by atoms with Gasteiger partial charge in [0.2, 0.25) is 0 Å². The summed E-state index contributed by atoms with van der Waals surface area (Å²) in [5.41, 5.74) is 6.75. The van der Waals surface area contributed by atoms with Crippen LogP contribution in [0.15, 0.2) is 121 Å². The van der Waals surface area contributed by atoms with Crippen molar-refractivity contribution in [2.45, 2.75) is 0 Å². The predicted octanol–water partition coefficient (Wildman–Crippen LogP) is 7.51. The number of benzene rings is 5. The maximum Gasteiger partial charge on any atom is 0.146 e. The largest absolute Gasteiger partial charge is 0.292 e. The van der Waals surface area contributed by atoms with E-state index < -0.39 is 0 Å². The van der Waals surface area contributed by atoms with E-state index >= 15 is 0 Å². The molecule has 0 bridgehead atoms. The van der Waals surface area contributed by atoms with Crippen LogP contribution in [0.5, 0.6) is 0 Å². The van der Waals surface area contributed by atoms with Gasteiger partial charge in [-0.25, -0.2) is 4.98 Å². The molecule has 0 spiro atoms. The molecule has 6 aromatic rings. The molecule has 1 aromatic heterocycles. The fourth-order valence-corrected chi connectivity index (χ4v) is 4.34. The first kappa shape index (κ1) is 17.7. The summed E-state index contributed by atoms with van der Waals surface area (Å²) in [6, 6.07) is 42.5. The Morgan fingerprint density at radius 2 is 1.26 bits per heavy atom. The van der Waals surface area contributed by atoms with Crippen LogP contribution in [-0.4, -0.2) is 9.55 Å². The van der Waals surface area contributed by atoms with E-state index in [1.54, 1.807) is 0 Å². The lowest BCUT2D eigenvalue weighted by Crippen LogP contribution is -1.98. The number of fused-ring (bicyclic) bond motifs is 2. The topological polar surface area (TPSA) is 17.8 Å². The lowest BCUT2D eigenvalue weighted by Gasteiger charge is -2.13. The molecule has 0 N–H and O–H groups in total. The molecule has 2 heteroatoms. The minimum absolute atomic E-state index is 0.961. The van der Waals surface area contributed by atoms with Gasteiger partial charge < -0.3 is 0 Å². The second-order valence-electron chi connectivity index (χ2n) is 7.70. The van der Waals surface area contributed by atoms with Gasteiger partial charge in [0, 0.05) is 11.3 Å². The van der Waals surface area contributed by atoms with Gasteiger partial charge in [0.15, 0.2) is 0 Å². The first-order valence-electron chi connectivity index (χ1n) is 10.5. The van der Waals surface area contributed by atoms with Crippen LogP contribution in [0, 0.1) is 0 Å². The zero-order chi connectivity index (χ0) is 20.6. The Bertz CT molecular complexity index is 1520. The van der Waals surface area contributed by atoms with Crippen molar-refractivity contribution in [1.29, 1.82) is 0 Å². The van der Waals surface area contributed by atoms with Crippen molar-refractivity contribution in [2.75, 3.05) is 0 Å². The first-order valence-corrected chi connectivity index (χ1v) is 10.5. The van der Waals surface area contributed by atoms with Gasteiger partial charge >= 0.3 is 0 Å². The number of hydrogen-bond acceptors (Lipinski definition) is 1. The van der Waals surface area contributed by atoms with Crippen LogP contribution in [0.4, 0.5) is 0 Å². The summed E-state index contributed by atoms with van der Waals surface area (Å²) in [6.07, 6.45) is 0. The summed E-state index contributed by atoms with van der Waals surface area (Å²) in [5.74, 6) is 0.961. The molecule has 0 fully saturated rings. The molecule has 146 valence electrons. The highest BCUT2D eigenvalue weighted by atomic mass is 15.1. The summed E-state index contributed by atoms with van der Waals surface area (Å²) >= 11 is 0. The number of aromatic nitrogens is 2. The first-order chi connectivity index (χ1) is 15.4. The highest BCUT2D eigenvalue weighted by Gasteiger charge is 2.16. The van der Waals surface area contributed by atoms with Crippen molar-refractivity contribution in [2.24, 2.45) is 0 Å². The number of hydrogen-bond donors (Lipinski definition) is 0. The maximum atomic E-state index is 5.07. The molecule has 0 saturated carbocycles. The van der Waals surface area contributed by atoms with Gasteiger partial charge in [0.05, 0.1) is 11.0 Å². The third-order valence-corrected chi connectivity index (χ3v) is 5.80. The molecule has 0 amide bonds. The Kier molecular flexibility index (Phi) is 4.14. The van der Waals surface area contributed by atoms with E-state index in [-0.39, 0.29) is 0 Å². The molecule has 31 heavy (non-hydrogen) atoms. The second kappa shape index (κ2) is 7.26. The lowest BCUT2D eigenvalue weighted by molar-refractivity contribution is 1.11. The third kappa shape index (κ3) is 3.01. The quantitative estimate of drug-likeness (QED) is 0.303. The van der Waals surface area contributed by atoms with Crippen LogP contribution in [0.3, 0.4) is 0 Å². The number of para-hydroxylation sites is 2. The number of nitrogens with zero attached hydrogens (tertiary/aromatic N) is 2. The highest BCUT2D eigenvalue weighted by molar-refractivity contribution is 5.97. The summed E-state index contributed by atoms with van der Waals surface area (Å²) < 4.78 is 2.28. The fourth-order valence-electron chi connectivity index (χ4n) is 4.34. The molecule has 5 aromatic carbocycles. The Balaban J connectivity index is 1.65. The highest BCUT2D eigenvalue weighted by Crippen LogP contribution is 2.34. The monoisotopic (exact) mass is 396 g/mol. The van der Waals surface area contributed by atoms with E-state index in [0.29, 0.717) is 0 Å². The van der Waals surface area contributed by atoms with Crippen molar-refractivity contribution < 1.29 is 0 Å². The average Bonchev–Trinajstić information content (AvgIpc) is 3.24. The van der Waals surface area contributed by atoms with Crippen LogP contribution in [0.1, 0.15) is 0 Å². The third-order valence-electron chi connectivity index (χ3n) is 5.80. The molecule has 0 radical (unpaired) electrons. The van der Waals surface area contributed by atoms with Crippen molar-refractivity contribution >= 4 is 21.8 Å². The van der Waals surface area contributed by atoms with Gasteiger partial charge in [-0.05, 0) is 46.2 Å². The van der Waals surface area contributed by atoms with Crippen molar-refractivity contribution in [3.8, 4) is 28.2 Å². The van der Waals surface area contributed by atoms with E-state index in [2.05, 4.69) is 120 Å². The van der Waals surface area contributed by atoms with Crippen molar-refractivity contribution in [3.63, 3.8) is 0 Å². The Hall–Kier alpha value is -4.17. The summed E-state index contributed by atoms with van der Waals surface area (Å²) in [4.78, 5) is 5.07. The van der Waals surface area contributed by atoms with E-state index in [1.165, 1.54) is 21.9 Å². The Morgan fingerprint density at radius 3 is 2.19 bits per heavy atom. The van der Waals surface area contributed by atoms with Gasteiger partial charge in [-0.1, -0.05) is 97.1 Å². The van der Waals surface area contributed by atoms with Crippen molar-refractivity contribution in [1.82, 2.24) is 9.55 Å². The van der Waals surface area contributed by atoms with Crippen LogP contribution in [0.2, 0.25) is 0 Å². The molecule has 0 aliphatic rings. The second-order valence-corrected chi connectivity index (χ2v) is 7.70. The Morgan fingerprint density at radius 1 is 0.548 bits per heavy atom. The molecule has 0 unspecified atom stereocenters. The molecule has 2 nitrogen and oxygen atoms in total. The molecular formula is C29H20N2. The van der Waals surface area contributed by atoms with Crippen LogP contribution in [-0.2, 0) is 0 Å². The predicted molar refractivity (Wildman–Crippen MR) is 129 cm³/mol. The zero-order valence-electron chi connectivity index (χ0n) is 16.9. The fraction of sp³-hybridized carbons (Fsp3) is 0. The maximum absolute atomic E-state index is 5.07. The van der Waals surface area contributed by atoms with E-state index in [0.717, 1.165) is 28.1 Å². The molecule has 6 rings (SSSR count). The molecule has 0 aliphatic carbocycles. The number of rotatable bonds is 3. The van der Waals surface area contributed by atoms with Crippen LogP contribution >= 0.6 is 0 Å². The standard InChI is InChI=1S/C29H20N2/c1-2-10-21(11-3-1)23-14-8-15-24(20-23)31-28-19-7-6-18-27(28)30-29(31)26-17-9-13-22-12-4-5-16-25(22)26/h1-20H. The SMILES string of the molecule is c1ccc(-c2cccc(-n3c(-c4cccc5ccccc45)nc4ccccc43)c2)cc1. The van der Waals surface area contributed by atoms with E-state index in [9.17, 15) is 0 Å². The molecule has 1 heterocycles. The number of imidazole rings is 1. The van der Waals surface area contributed by atoms with Crippen LogP contribution < -0.4 is 0 Å². The normalized spacial score (nSPS) is 11.2.